The van der Waals surface area contributed by atoms with E-state index in [-0.39, 0.29) is 23.5 Å². The molecule has 0 amide bonds. The first-order valence-electron chi connectivity index (χ1n) is 5.99. The van der Waals surface area contributed by atoms with E-state index in [4.69, 9.17) is 5.73 Å². The highest BCUT2D eigenvalue weighted by molar-refractivity contribution is 7.89. The second-order valence-electron chi connectivity index (χ2n) is 4.07. The third kappa shape index (κ3) is 3.88. The van der Waals surface area contributed by atoms with Crippen molar-refractivity contribution in [2.45, 2.75) is 11.4 Å². The van der Waals surface area contributed by atoms with E-state index in [1.54, 1.807) is 0 Å². The van der Waals surface area contributed by atoms with E-state index in [1.807, 2.05) is 0 Å². The van der Waals surface area contributed by atoms with Crippen molar-refractivity contribution in [1.29, 1.82) is 0 Å². The Balaban J connectivity index is 2.16. The molecule has 0 saturated carbocycles. The molecule has 21 heavy (non-hydrogen) atoms. The van der Waals surface area contributed by atoms with Crippen LogP contribution in [-0.4, -0.2) is 25.2 Å². The highest BCUT2D eigenvalue weighted by atomic mass is 32.2. The number of sulfonamides is 1. The molecule has 0 aliphatic rings. The SMILES string of the molecule is NCC#Cc1ccc(F)c(CNS(=O)(=O)c2cn[nH]c2)c1. The number of rotatable bonds is 4. The summed E-state index contributed by atoms with van der Waals surface area (Å²) in [6, 6.07) is 4.23. The first-order valence-corrected chi connectivity index (χ1v) is 7.47. The Labute approximate surface area is 121 Å². The molecule has 2 aromatic rings. The second kappa shape index (κ2) is 6.49. The fourth-order valence-corrected chi connectivity index (χ4v) is 2.49. The lowest BCUT2D eigenvalue weighted by molar-refractivity contribution is 0.574. The number of benzene rings is 1. The number of hydrogen-bond donors (Lipinski definition) is 3. The molecule has 1 aromatic heterocycles. The lowest BCUT2D eigenvalue weighted by atomic mass is 10.1. The molecule has 1 aromatic carbocycles. The molecule has 110 valence electrons. The highest BCUT2D eigenvalue weighted by Gasteiger charge is 2.15. The molecule has 1 heterocycles. The molecule has 0 atom stereocenters. The average Bonchev–Trinajstić information content (AvgIpc) is 3.00. The first kappa shape index (κ1) is 15.2. The van der Waals surface area contributed by atoms with Gasteiger partial charge in [0.25, 0.3) is 0 Å². The molecule has 0 fully saturated rings. The van der Waals surface area contributed by atoms with Gasteiger partial charge >= 0.3 is 0 Å². The smallest absolute Gasteiger partial charge is 0.243 e. The summed E-state index contributed by atoms with van der Waals surface area (Å²) >= 11 is 0. The Kier molecular flexibility index (Phi) is 4.70. The summed E-state index contributed by atoms with van der Waals surface area (Å²) in [4.78, 5) is -0.0120. The normalized spacial score (nSPS) is 11.0. The molecule has 8 heteroatoms. The van der Waals surface area contributed by atoms with E-state index in [2.05, 4.69) is 26.8 Å². The van der Waals surface area contributed by atoms with Crippen molar-refractivity contribution < 1.29 is 12.8 Å². The number of nitrogens with two attached hydrogens (primary N) is 1. The van der Waals surface area contributed by atoms with Crippen LogP contribution >= 0.6 is 0 Å². The molecule has 0 aliphatic carbocycles. The summed E-state index contributed by atoms with van der Waals surface area (Å²) in [7, 11) is -3.73. The van der Waals surface area contributed by atoms with E-state index in [0.29, 0.717) is 5.56 Å². The van der Waals surface area contributed by atoms with Crippen LogP contribution in [0.5, 0.6) is 0 Å². The zero-order valence-corrected chi connectivity index (χ0v) is 11.7. The maximum absolute atomic E-state index is 13.7. The molecule has 0 saturated heterocycles. The third-order valence-electron chi connectivity index (χ3n) is 2.62. The summed E-state index contributed by atoms with van der Waals surface area (Å²) in [5.41, 5.74) is 6.03. The van der Waals surface area contributed by atoms with Crippen molar-refractivity contribution in [1.82, 2.24) is 14.9 Å². The van der Waals surface area contributed by atoms with Gasteiger partial charge < -0.3 is 5.73 Å². The lowest BCUT2D eigenvalue weighted by Gasteiger charge is -2.06. The van der Waals surface area contributed by atoms with Gasteiger partial charge in [0.15, 0.2) is 0 Å². The molecule has 0 unspecified atom stereocenters. The molecule has 0 aliphatic heterocycles. The predicted molar refractivity (Wildman–Crippen MR) is 74.9 cm³/mol. The molecule has 2 rings (SSSR count). The number of nitrogens with zero attached hydrogens (tertiary/aromatic N) is 1. The van der Waals surface area contributed by atoms with E-state index in [9.17, 15) is 12.8 Å². The van der Waals surface area contributed by atoms with E-state index in [1.165, 1.54) is 30.6 Å². The van der Waals surface area contributed by atoms with Gasteiger partial charge in [0.2, 0.25) is 10.0 Å². The summed E-state index contributed by atoms with van der Waals surface area (Å²) in [6.45, 7) is 0.0112. The number of nitrogens with one attached hydrogen (secondary N) is 2. The van der Waals surface area contributed by atoms with E-state index < -0.39 is 15.8 Å². The molecule has 0 spiro atoms. The number of H-pyrrole nitrogens is 1. The maximum atomic E-state index is 13.7. The standard InChI is InChI=1S/C13H13FN4O2S/c14-13-4-3-10(2-1-5-15)6-11(13)7-18-21(19,20)12-8-16-17-9-12/h3-4,6,8-9,18H,5,7,15H2,(H,16,17). The highest BCUT2D eigenvalue weighted by Crippen LogP contribution is 2.12. The van der Waals surface area contributed by atoms with Gasteiger partial charge in [-0.1, -0.05) is 11.8 Å². The summed E-state index contributed by atoms with van der Waals surface area (Å²) in [5.74, 6) is 4.90. The largest absolute Gasteiger partial charge is 0.320 e. The van der Waals surface area contributed by atoms with Crippen molar-refractivity contribution in [3.63, 3.8) is 0 Å². The number of aromatic amines is 1. The Morgan fingerprint density at radius 3 is 2.90 bits per heavy atom. The van der Waals surface area contributed by atoms with E-state index in [0.717, 1.165) is 0 Å². The van der Waals surface area contributed by atoms with Gasteiger partial charge in [0, 0.05) is 23.9 Å². The van der Waals surface area contributed by atoms with Gasteiger partial charge in [0.1, 0.15) is 10.7 Å². The number of hydrogen-bond acceptors (Lipinski definition) is 4. The molecular formula is C13H13FN4O2S. The monoisotopic (exact) mass is 308 g/mol. The summed E-state index contributed by atoms with van der Waals surface area (Å²) < 4.78 is 39.8. The molecule has 0 bridgehead atoms. The van der Waals surface area contributed by atoms with Gasteiger partial charge in [-0.2, -0.15) is 5.10 Å². The third-order valence-corrected chi connectivity index (χ3v) is 3.98. The van der Waals surface area contributed by atoms with Crippen LogP contribution in [-0.2, 0) is 16.6 Å². The molecular weight excluding hydrogens is 295 g/mol. The molecule has 4 N–H and O–H groups in total. The van der Waals surface area contributed by atoms with Crippen molar-refractivity contribution in [2.75, 3.05) is 6.54 Å². The quantitative estimate of drug-likeness (QED) is 0.709. The van der Waals surface area contributed by atoms with E-state index >= 15 is 0 Å². The maximum Gasteiger partial charge on any atom is 0.243 e. The minimum absolute atomic E-state index is 0.0120. The van der Waals surface area contributed by atoms with Crippen molar-refractivity contribution >= 4 is 10.0 Å². The summed E-state index contributed by atoms with van der Waals surface area (Å²) in [5, 5.41) is 5.96. The van der Waals surface area contributed by atoms with Crippen LogP contribution in [0.3, 0.4) is 0 Å². The second-order valence-corrected chi connectivity index (χ2v) is 5.84. The van der Waals surface area contributed by atoms with Crippen LogP contribution in [0.2, 0.25) is 0 Å². The van der Waals surface area contributed by atoms with Crippen LogP contribution in [0.1, 0.15) is 11.1 Å². The minimum Gasteiger partial charge on any atom is -0.320 e. The Bertz CT molecular complexity index is 776. The lowest BCUT2D eigenvalue weighted by Crippen LogP contribution is -2.23. The Morgan fingerprint density at radius 1 is 1.43 bits per heavy atom. The Hall–Kier alpha value is -2.21. The van der Waals surface area contributed by atoms with Gasteiger partial charge in [-0.25, -0.2) is 17.5 Å². The van der Waals surface area contributed by atoms with Crippen molar-refractivity contribution in [2.24, 2.45) is 5.73 Å². The zero-order chi connectivity index (χ0) is 15.3. The fourth-order valence-electron chi connectivity index (χ4n) is 1.58. The zero-order valence-electron chi connectivity index (χ0n) is 10.9. The number of aromatic nitrogens is 2. The predicted octanol–water partition coefficient (Wildman–Crippen LogP) is 0.337. The Morgan fingerprint density at radius 2 is 2.24 bits per heavy atom. The molecule has 0 radical (unpaired) electrons. The average molecular weight is 308 g/mol. The van der Waals surface area contributed by atoms with Crippen molar-refractivity contribution in [3.05, 3.63) is 47.5 Å². The summed E-state index contributed by atoms with van der Waals surface area (Å²) in [6.07, 6.45) is 2.41. The van der Waals surface area contributed by atoms with Crippen LogP contribution in [0.25, 0.3) is 0 Å². The van der Waals surface area contributed by atoms with Crippen LogP contribution in [0.4, 0.5) is 4.39 Å². The van der Waals surface area contributed by atoms with Crippen LogP contribution < -0.4 is 10.5 Å². The van der Waals surface area contributed by atoms with Crippen LogP contribution in [0, 0.1) is 17.7 Å². The van der Waals surface area contributed by atoms with Crippen LogP contribution in [0.15, 0.2) is 35.5 Å². The van der Waals surface area contributed by atoms with Gasteiger partial charge in [0.05, 0.1) is 12.7 Å². The van der Waals surface area contributed by atoms with Gasteiger partial charge in [-0.3, -0.25) is 5.10 Å². The first-order chi connectivity index (χ1) is 10.0. The van der Waals surface area contributed by atoms with Gasteiger partial charge in [-0.15, -0.1) is 0 Å². The number of halogens is 1. The van der Waals surface area contributed by atoms with Gasteiger partial charge in [-0.05, 0) is 18.2 Å². The topological polar surface area (TPSA) is 101 Å². The molecule has 6 nitrogen and oxygen atoms in total. The van der Waals surface area contributed by atoms with Crippen molar-refractivity contribution in [3.8, 4) is 11.8 Å². The minimum atomic E-state index is -3.73. The fraction of sp³-hybridized carbons (Fsp3) is 0.154.